The number of carbonyl (C=O) groups excluding carboxylic acids is 2. The molecule has 2 atom stereocenters. The number of methoxy groups -OCH3 is 1. The molecule has 0 aromatic heterocycles. The van der Waals surface area contributed by atoms with Crippen molar-refractivity contribution in [2.75, 3.05) is 20.3 Å². The number of rotatable bonds is 6. The van der Waals surface area contributed by atoms with E-state index in [1.54, 1.807) is 33.1 Å². The smallest absolute Gasteiger partial charge is 0.328 e. The summed E-state index contributed by atoms with van der Waals surface area (Å²) in [5.74, 6) is -0.931. The number of fused-ring (bicyclic) bond motifs is 2. The minimum atomic E-state index is -1.98. The Morgan fingerprint density at radius 3 is 2.12 bits per heavy atom. The van der Waals surface area contributed by atoms with Crippen LogP contribution in [0.5, 0.6) is 5.75 Å². The number of hydrogen-bond acceptors (Lipinski definition) is 7. The van der Waals surface area contributed by atoms with Crippen molar-refractivity contribution >= 4 is 34.5 Å². The predicted molar refractivity (Wildman–Crippen MR) is 126 cm³/mol. The first-order chi connectivity index (χ1) is 16.0. The monoisotopic (exact) mass is 466 g/mol. The molecule has 0 fully saturated rings. The number of esters is 2. The van der Waals surface area contributed by atoms with E-state index in [-0.39, 0.29) is 13.2 Å². The minimum absolute atomic E-state index is 0.0646. The van der Waals surface area contributed by atoms with Crippen molar-refractivity contribution in [3.8, 4) is 5.75 Å². The summed E-state index contributed by atoms with van der Waals surface area (Å²) in [6.07, 6.45) is -1.45. The van der Waals surface area contributed by atoms with Gasteiger partial charge in [-0.05, 0) is 42.5 Å². The Morgan fingerprint density at radius 1 is 0.879 bits per heavy atom. The van der Waals surface area contributed by atoms with Crippen LogP contribution in [0.25, 0.3) is 10.8 Å². The predicted octanol–water partition coefficient (Wildman–Crippen LogP) is 4.84. The van der Waals surface area contributed by atoms with Crippen LogP contribution in [-0.4, -0.2) is 37.4 Å². The van der Waals surface area contributed by atoms with Gasteiger partial charge in [0.15, 0.2) is 0 Å². The van der Waals surface area contributed by atoms with Gasteiger partial charge in [-0.2, -0.15) is 0 Å². The van der Waals surface area contributed by atoms with E-state index < -0.39 is 28.7 Å². The Labute approximate surface area is 196 Å². The summed E-state index contributed by atoms with van der Waals surface area (Å²) >= 11 is 1.35. The summed E-state index contributed by atoms with van der Waals surface area (Å²) in [6.45, 7) is 3.47. The maximum Gasteiger partial charge on any atom is 0.328 e. The lowest BCUT2D eigenvalue weighted by atomic mass is 9.72. The fourth-order valence-corrected chi connectivity index (χ4v) is 6.02. The van der Waals surface area contributed by atoms with E-state index >= 15 is 0 Å². The molecule has 0 amide bonds. The largest absolute Gasteiger partial charge is 0.496 e. The van der Waals surface area contributed by atoms with Gasteiger partial charge >= 0.3 is 11.9 Å². The zero-order valence-corrected chi connectivity index (χ0v) is 19.6. The SMILES string of the molecule is CCOC(=O)C1(C(=O)OCC)C(O)c2ccccc2SC1c1ccc(OC)c2ccccc12. The molecule has 0 saturated heterocycles. The molecular weight excluding hydrogens is 440 g/mol. The van der Waals surface area contributed by atoms with Crippen LogP contribution in [0.15, 0.2) is 65.6 Å². The molecule has 1 aliphatic rings. The van der Waals surface area contributed by atoms with Crippen LogP contribution >= 0.6 is 11.8 Å². The maximum atomic E-state index is 13.6. The fourth-order valence-electron chi connectivity index (χ4n) is 4.45. The van der Waals surface area contributed by atoms with Crippen molar-refractivity contribution in [1.29, 1.82) is 0 Å². The summed E-state index contributed by atoms with van der Waals surface area (Å²) in [4.78, 5) is 27.9. The highest BCUT2D eigenvalue weighted by Crippen LogP contribution is 2.61. The van der Waals surface area contributed by atoms with Crippen molar-refractivity contribution in [3.63, 3.8) is 0 Å². The number of benzene rings is 3. The van der Waals surface area contributed by atoms with E-state index in [0.29, 0.717) is 16.9 Å². The van der Waals surface area contributed by atoms with Crippen LogP contribution in [0.4, 0.5) is 0 Å². The van der Waals surface area contributed by atoms with Crippen LogP contribution in [0.1, 0.15) is 36.3 Å². The first-order valence-electron chi connectivity index (χ1n) is 10.8. The molecule has 7 heteroatoms. The van der Waals surface area contributed by atoms with Crippen molar-refractivity contribution in [1.82, 2.24) is 0 Å². The number of aliphatic hydroxyl groups is 1. The summed E-state index contributed by atoms with van der Waals surface area (Å²) in [6, 6.07) is 18.5. The van der Waals surface area contributed by atoms with E-state index in [1.807, 2.05) is 48.5 Å². The molecule has 6 nitrogen and oxygen atoms in total. The first-order valence-corrected chi connectivity index (χ1v) is 11.7. The number of carbonyl (C=O) groups is 2. The Morgan fingerprint density at radius 2 is 1.48 bits per heavy atom. The van der Waals surface area contributed by atoms with Crippen molar-refractivity contribution in [3.05, 3.63) is 71.8 Å². The van der Waals surface area contributed by atoms with Gasteiger partial charge in [-0.1, -0.05) is 48.5 Å². The fraction of sp³-hybridized carbons (Fsp3) is 0.308. The van der Waals surface area contributed by atoms with Gasteiger partial charge in [0, 0.05) is 10.3 Å². The van der Waals surface area contributed by atoms with E-state index in [0.717, 1.165) is 15.7 Å². The molecule has 172 valence electrons. The third kappa shape index (κ3) is 3.65. The first kappa shape index (κ1) is 23.1. The summed E-state index contributed by atoms with van der Waals surface area (Å²) in [5, 5.41) is 12.5. The summed E-state index contributed by atoms with van der Waals surface area (Å²) in [7, 11) is 1.60. The highest BCUT2D eigenvalue weighted by atomic mass is 32.2. The second kappa shape index (κ2) is 9.45. The standard InChI is InChI=1S/C26H26O6S/c1-4-31-24(28)26(25(29)32-5-2)22(27)19-12-8-9-13-21(19)33-23(26)18-14-15-20(30-3)17-11-7-6-10-16(17)18/h6-15,22-23,27H,4-5H2,1-3H3. The maximum absolute atomic E-state index is 13.6. The Balaban J connectivity index is 2.05. The van der Waals surface area contributed by atoms with Crippen LogP contribution in [0.3, 0.4) is 0 Å². The van der Waals surface area contributed by atoms with Gasteiger partial charge < -0.3 is 19.3 Å². The molecule has 3 aromatic rings. The van der Waals surface area contributed by atoms with Crippen LogP contribution in [0, 0.1) is 5.41 Å². The molecule has 2 unspecified atom stereocenters. The van der Waals surface area contributed by atoms with Crippen molar-refractivity contribution in [2.24, 2.45) is 5.41 Å². The number of thioether (sulfide) groups is 1. The summed E-state index contributed by atoms with van der Waals surface area (Å²) in [5.41, 5.74) is -0.772. The van der Waals surface area contributed by atoms with Gasteiger partial charge in [-0.3, -0.25) is 9.59 Å². The van der Waals surface area contributed by atoms with Gasteiger partial charge in [0.2, 0.25) is 5.41 Å². The molecule has 1 aliphatic heterocycles. The average Bonchev–Trinajstić information content (AvgIpc) is 2.83. The lowest BCUT2D eigenvalue weighted by Gasteiger charge is -2.43. The van der Waals surface area contributed by atoms with Crippen molar-refractivity contribution in [2.45, 2.75) is 30.1 Å². The minimum Gasteiger partial charge on any atom is -0.496 e. The Bertz CT molecular complexity index is 1170. The molecule has 0 aliphatic carbocycles. The van der Waals surface area contributed by atoms with Crippen LogP contribution in [-0.2, 0) is 19.1 Å². The average molecular weight is 467 g/mol. The van der Waals surface area contributed by atoms with Gasteiger partial charge in [-0.25, -0.2) is 0 Å². The van der Waals surface area contributed by atoms with Crippen LogP contribution in [0.2, 0.25) is 0 Å². The van der Waals surface area contributed by atoms with E-state index in [1.165, 1.54) is 11.8 Å². The van der Waals surface area contributed by atoms with Gasteiger partial charge in [0.05, 0.1) is 25.6 Å². The number of hydrogen-bond donors (Lipinski definition) is 1. The topological polar surface area (TPSA) is 82.1 Å². The third-order valence-electron chi connectivity index (χ3n) is 5.95. The van der Waals surface area contributed by atoms with E-state index in [2.05, 4.69) is 0 Å². The highest BCUT2D eigenvalue weighted by Gasteiger charge is 2.64. The lowest BCUT2D eigenvalue weighted by Crippen LogP contribution is -2.51. The van der Waals surface area contributed by atoms with Crippen molar-refractivity contribution < 1.29 is 28.9 Å². The normalized spacial score (nSPS) is 18.9. The lowest BCUT2D eigenvalue weighted by molar-refractivity contribution is -0.182. The second-order valence-corrected chi connectivity index (χ2v) is 8.80. The molecule has 1 N–H and O–H groups in total. The highest BCUT2D eigenvalue weighted by molar-refractivity contribution is 7.99. The van der Waals surface area contributed by atoms with Gasteiger partial charge in [-0.15, -0.1) is 11.8 Å². The number of aliphatic hydroxyl groups excluding tert-OH is 1. The molecule has 33 heavy (non-hydrogen) atoms. The van der Waals surface area contributed by atoms with Crippen LogP contribution < -0.4 is 4.74 Å². The van der Waals surface area contributed by atoms with Gasteiger partial charge in [0.25, 0.3) is 0 Å². The Hall–Kier alpha value is -3.03. The third-order valence-corrected chi connectivity index (χ3v) is 7.44. The molecule has 4 rings (SSSR count). The molecule has 1 heterocycles. The molecule has 0 radical (unpaired) electrons. The van der Waals surface area contributed by atoms with Gasteiger partial charge in [0.1, 0.15) is 11.9 Å². The van der Waals surface area contributed by atoms with E-state index in [9.17, 15) is 14.7 Å². The molecule has 0 spiro atoms. The zero-order chi connectivity index (χ0) is 23.6. The zero-order valence-electron chi connectivity index (χ0n) is 18.7. The second-order valence-electron chi connectivity index (χ2n) is 7.65. The molecular formula is C26H26O6S. The molecule has 0 saturated carbocycles. The Kier molecular flexibility index (Phi) is 6.63. The quantitative estimate of drug-likeness (QED) is 0.411. The molecule has 0 bridgehead atoms. The molecule has 3 aromatic carbocycles. The van der Waals surface area contributed by atoms with E-state index in [4.69, 9.17) is 14.2 Å². The summed E-state index contributed by atoms with van der Waals surface area (Å²) < 4.78 is 16.3. The number of ether oxygens (including phenoxy) is 3.